The molecule has 32 heavy (non-hydrogen) atoms. The lowest BCUT2D eigenvalue weighted by Gasteiger charge is -2.14. The molecule has 3 aromatic rings. The van der Waals surface area contributed by atoms with Crippen LogP contribution in [-0.4, -0.2) is 25.4 Å². The predicted octanol–water partition coefficient (Wildman–Crippen LogP) is 5.53. The van der Waals surface area contributed by atoms with E-state index >= 15 is 0 Å². The van der Waals surface area contributed by atoms with E-state index in [4.69, 9.17) is 11.6 Å². The van der Waals surface area contributed by atoms with E-state index in [1.54, 1.807) is 19.1 Å². The van der Waals surface area contributed by atoms with E-state index in [1.807, 2.05) is 37.3 Å². The van der Waals surface area contributed by atoms with Gasteiger partial charge in [-0.2, -0.15) is 0 Å². The Kier molecular flexibility index (Phi) is 7.31. The molecule has 0 radical (unpaired) electrons. The number of nitrogens with zero attached hydrogens (tertiary/aromatic N) is 1. The van der Waals surface area contributed by atoms with E-state index in [2.05, 4.69) is 9.71 Å². The Hall–Kier alpha value is -2.77. The number of carbonyl (C=O) groups excluding carboxylic acids is 1. The van der Waals surface area contributed by atoms with Gasteiger partial charge in [-0.25, -0.2) is 12.8 Å². The van der Waals surface area contributed by atoms with Crippen LogP contribution >= 0.6 is 11.6 Å². The van der Waals surface area contributed by atoms with Crippen LogP contribution in [0.2, 0.25) is 5.02 Å². The number of hydrogen-bond acceptors (Lipinski definition) is 4. The fourth-order valence-electron chi connectivity index (χ4n) is 3.42. The van der Waals surface area contributed by atoms with E-state index < -0.39 is 21.8 Å². The van der Waals surface area contributed by atoms with Crippen molar-refractivity contribution in [2.24, 2.45) is 0 Å². The molecule has 1 atom stereocenters. The Morgan fingerprint density at radius 2 is 1.91 bits per heavy atom. The summed E-state index contributed by atoms with van der Waals surface area (Å²) in [5, 5.41) is 0.609. The summed E-state index contributed by atoms with van der Waals surface area (Å²) in [7, 11) is -3.59. The first-order valence-electron chi connectivity index (χ1n) is 10.1. The second-order valence-corrected chi connectivity index (χ2v) is 9.96. The van der Waals surface area contributed by atoms with Crippen LogP contribution < -0.4 is 4.72 Å². The zero-order valence-electron chi connectivity index (χ0n) is 18.0. The molecule has 5 nitrogen and oxygen atoms in total. The quantitative estimate of drug-likeness (QED) is 0.466. The van der Waals surface area contributed by atoms with Crippen LogP contribution in [0.5, 0.6) is 0 Å². The van der Waals surface area contributed by atoms with Crippen molar-refractivity contribution in [3.63, 3.8) is 0 Å². The number of rotatable bonds is 8. The molecule has 1 heterocycles. The molecule has 0 aliphatic carbocycles. The second kappa shape index (κ2) is 9.79. The highest BCUT2D eigenvalue weighted by atomic mass is 35.5. The summed E-state index contributed by atoms with van der Waals surface area (Å²) in [5.74, 6) is -1.31. The molecule has 0 saturated carbocycles. The van der Waals surface area contributed by atoms with Crippen LogP contribution in [0.25, 0.3) is 11.3 Å². The fraction of sp³-hybridized carbons (Fsp3) is 0.250. The Morgan fingerprint density at radius 1 is 1.16 bits per heavy atom. The SMILES string of the molecule is Cc1ccc(CCC(=O)C(C)c2ccc(NS(C)(=O)=O)c(F)c2)c(-c2cccc(Cl)c2)n1. The van der Waals surface area contributed by atoms with Gasteiger partial charge >= 0.3 is 0 Å². The molecule has 2 aromatic carbocycles. The molecular formula is C24H24ClFN2O3S. The first-order valence-corrected chi connectivity index (χ1v) is 12.3. The van der Waals surface area contributed by atoms with Gasteiger partial charge in [-0.05, 0) is 54.8 Å². The number of carbonyl (C=O) groups is 1. The molecule has 0 aliphatic rings. The number of anilines is 1. The number of aryl methyl sites for hydroxylation is 2. The standard InChI is InChI=1S/C24H24ClFN2O3S/c1-15-7-8-17(24(27-15)19-5-4-6-20(25)13-19)10-12-23(29)16(2)18-9-11-22(21(26)14-18)28-32(3,30)31/h4-9,11,13-14,16,28H,10,12H2,1-3H3. The summed E-state index contributed by atoms with van der Waals surface area (Å²) in [6, 6.07) is 15.4. The highest BCUT2D eigenvalue weighted by Crippen LogP contribution is 2.28. The molecular weight excluding hydrogens is 451 g/mol. The minimum Gasteiger partial charge on any atom is -0.299 e. The Balaban J connectivity index is 1.75. The lowest BCUT2D eigenvalue weighted by atomic mass is 9.92. The van der Waals surface area contributed by atoms with Crippen molar-refractivity contribution in [3.05, 3.63) is 82.3 Å². The van der Waals surface area contributed by atoms with E-state index in [9.17, 15) is 17.6 Å². The number of ketones is 1. The topological polar surface area (TPSA) is 76.1 Å². The molecule has 168 valence electrons. The van der Waals surface area contributed by atoms with Gasteiger partial charge in [-0.3, -0.25) is 14.5 Å². The third-order valence-corrected chi connectivity index (χ3v) is 5.95. The molecule has 8 heteroatoms. The van der Waals surface area contributed by atoms with Gasteiger partial charge < -0.3 is 0 Å². The van der Waals surface area contributed by atoms with Gasteiger partial charge in [0.15, 0.2) is 0 Å². The summed E-state index contributed by atoms with van der Waals surface area (Å²) in [5.41, 5.74) is 3.80. The fourth-order valence-corrected chi connectivity index (χ4v) is 4.17. The summed E-state index contributed by atoms with van der Waals surface area (Å²) in [6.07, 6.45) is 1.68. The van der Waals surface area contributed by atoms with Gasteiger partial charge in [0.1, 0.15) is 11.6 Å². The third kappa shape index (κ3) is 6.14. The summed E-state index contributed by atoms with van der Waals surface area (Å²) >= 11 is 6.13. The van der Waals surface area contributed by atoms with Gasteiger partial charge in [-0.1, -0.05) is 42.8 Å². The van der Waals surface area contributed by atoms with Crippen LogP contribution in [0.3, 0.4) is 0 Å². The molecule has 3 rings (SSSR count). The van der Waals surface area contributed by atoms with E-state index in [-0.39, 0.29) is 17.9 Å². The second-order valence-electron chi connectivity index (χ2n) is 7.77. The van der Waals surface area contributed by atoms with Crippen molar-refractivity contribution in [1.29, 1.82) is 0 Å². The number of benzene rings is 2. The summed E-state index contributed by atoms with van der Waals surface area (Å²) < 4.78 is 39.1. The zero-order valence-corrected chi connectivity index (χ0v) is 19.6. The number of pyridine rings is 1. The largest absolute Gasteiger partial charge is 0.299 e. The van der Waals surface area contributed by atoms with E-state index in [0.717, 1.165) is 28.8 Å². The van der Waals surface area contributed by atoms with Crippen molar-refractivity contribution < 1.29 is 17.6 Å². The van der Waals surface area contributed by atoms with Gasteiger partial charge in [0.25, 0.3) is 0 Å². The molecule has 1 unspecified atom stereocenters. The number of aromatic nitrogens is 1. The minimum absolute atomic E-state index is 0.0501. The maximum atomic E-state index is 14.3. The molecule has 1 aromatic heterocycles. The van der Waals surface area contributed by atoms with Crippen molar-refractivity contribution in [2.75, 3.05) is 11.0 Å². The third-order valence-electron chi connectivity index (χ3n) is 5.13. The lowest BCUT2D eigenvalue weighted by Crippen LogP contribution is -2.13. The maximum absolute atomic E-state index is 14.3. The molecule has 1 N–H and O–H groups in total. The van der Waals surface area contributed by atoms with Gasteiger partial charge in [0.2, 0.25) is 10.0 Å². The van der Waals surface area contributed by atoms with Crippen LogP contribution in [0.15, 0.2) is 54.6 Å². The van der Waals surface area contributed by atoms with Crippen LogP contribution in [-0.2, 0) is 21.2 Å². The molecule has 0 spiro atoms. The monoisotopic (exact) mass is 474 g/mol. The van der Waals surface area contributed by atoms with E-state index in [0.29, 0.717) is 17.0 Å². The summed E-state index contributed by atoms with van der Waals surface area (Å²) in [6.45, 7) is 3.62. The zero-order chi connectivity index (χ0) is 23.5. The van der Waals surface area contributed by atoms with Crippen molar-refractivity contribution in [3.8, 4) is 11.3 Å². The number of hydrogen-bond donors (Lipinski definition) is 1. The van der Waals surface area contributed by atoms with Gasteiger partial charge in [-0.15, -0.1) is 0 Å². The van der Waals surface area contributed by atoms with Crippen molar-refractivity contribution in [1.82, 2.24) is 4.98 Å². The highest BCUT2D eigenvalue weighted by molar-refractivity contribution is 7.92. The van der Waals surface area contributed by atoms with Crippen LogP contribution in [0.1, 0.15) is 36.1 Å². The van der Waals surface area contributed by atoms with E-state index in [1.165, 1.54) is 12.1 Å². The maximum Gasteiger partial charge on any atom is 0.229 e. The van der Waals surface area contributed by atoms with Gasteiger partial charge in [0, 0.05) is 28.6 Å². The highest BCUT2D eigenvalue weighted by Gasteiger charge is 2.19. The van der Waals surface area contributed by atoms with Crippen LogP contribution in [0.4, 0.5) is 10.1 Å². The first-order chi connectivity index (χ1) is 15.0. The number of halogens is 2. The smallest absolute Gasteiger partial charge is 0.229 e. The number of sulfonamides is 1. The Labute approximate surface area is 192 Å². The molecule has 0 saturated heterocycles. The number of nitrogens with one attached hydrogen (secondary N) is 1. The minimum atomic E-state index is -3.59. The molecule has 0 aliphatic heterocycles. The summed E-state index contributed by atoms with van der Waals surface area (Å²) in [4.78, 5) is 17.5. The normalized spacial score (nSPS) is 12.4. The lowest BCUT2D eigenvalue weighted by molar-refractivity contribution is -0.120. The molecule has 0 fully saturated rings. The Morgan fingerprint density at radius 3 is 2.56 bits per heavy atom. The van der Waals surface area contributed by atoms with Gasteiger partial charge in [0.05, 0.1) is 17.6 Å². The van der Waals surface area contributed by atoms with Crippen molar-refractivity contribution in [2.45, 2.75) is 32.6 Å². The Bertz CT molecular complexity index is 1260. The molecule has 0 bridgehead atoms. The molecule has 0 amide bonds. The van der Waals surface area contributed by atoms with Crippen LogP contribution in [0, 0.1) is 12.7 Å². The first kappa shape index (κ1) is 23.9. The number of Topliss-reactive ketones (excluding diaryl/α,β-unsaturated/α-hetero) is 1. The predicted molar refractivity (Wildman–Crippen MR) is 126 cm³/mol. The van der Waals surface area contributed by atoms with Crippen molar-refractivity contribution >= 4 is 33.1 Å². The average Bonchev–Trinajstić information content (AvgIpc) is 2.72. The average molecular weight is 475 g/mol.